The molecule has 0 heterocycles. The van der Waals surface area contributed by atoms with Crippen molar-refractivity contribution < 1.29 is 19.4 Å². The van der Waals surface area contributed by atoms with Crippen LogP contribution in [0, 0.1) is 0 Å². The molecule has 3 atom stereocenters. The van der Waals surface area contributed by atoms with Crippen molar-refractivity contribution in [1.29, 1.82) is 0 Å². The predicted molar refractivity (Wildman–Crippen MR) is 104 cm³/mol. The van der Waals surface area contributed by atoms with Gasteiger partial charge in [-0.1, -0.05) is 72.8 Å². The number of aliphatic carboxylic acids is 1. The highest BCUT2D eigenvalue weighted by molar-refractivity contribution is 7.58. The van der Waals surface area contributed by atoms with E-state index in [1.165, 1.54) is 0 Å². The fourth-order valence-corrected chi connectivity index (χ4v) is 4.96. The third kappa shape index (κ3) is 3.87. The van der Waals surface area contributed by atoms with Crippen LogP contribution in [0.4, 0.5) is 0 Å². The molecule has 3 unspecified atom stereocenters. The molecule has 0 amide bonds. The van der Waals surface area contributed by atoms with E-state index in [1.54, 1.807) is 37.3 Å². The Bertz CT molecular complexity index is 968. The molecular weight excluding hydrogens is 347 g/mol. The topological polar surface area (TPSA) is 74.6 Å². The lowest BCUT2D eigenvalue weighted by Crippen LogP contribution is -2.17. The van der Waals surface area contributed by atoms with E-state index in [-0.39, 0.29) is 6.16 Å². The van der Waals surface area contributed by atoms with Crippen LogP contribution < -0.4 is 0 Å². The molecular formula is C21H21O4P. The number of hydrogen-bond acceptors (Lipinski definition) is 2. The van der Waals surface area contributed by atoms with Gasteiger partial charge in [-0.15, -0.1) is 0 Å². The first kappa shape index (κ1) is 18.4. The fourth-order valence-electron chi connectivity index (χ4n) is 3.13. The molecule has 26 heavy (non-hydrogen) atoms. The molecule has 0 saturated carbocycles. The number of hydrogen-bond donors (Lipinski definition) is 2. The van der Waals surface area contributed by atoms with E-state index in [0.29, 0.717) is 5.56 Å². The molecule has 3 aromatic rings. The molecule has 0 aliphatic heterocycles. The minimum Gasteiger partial charge on any atom is -0.481 e. The predicted octanol–water partition coefficient (Wildman–Crippen LogP) is 5.04. The van der Waals surface area contributed by atoms with Crippen LogP contribution in [0.2, 0.25) is 0 Å². The lowest BCUT2D eigenvalue weighted by atomic mass is 10.0. The van der Waals surface area contributed by atoms with E-state index >= 15 is 0 Å². The van der Waals surface area contributed by atoms with Gasteiger partial charge in [0.25, 0.3) is 0 Å². The maximum atomic E-state index is 13.0. The van der Waals surface area contributed by atoms with Crippen molar-refractivity contribution in [2.45, 2.75) is 18.5 Å². The molecule has 0 bridgehead atoms. The van der Waals surface area contributed by atoms with Gasteiger partial charge in [-0.05, 0) is 28.8 Å². The summed E-state index contributed by atoms with van der Waals surface area (Å²) in [6.07, 6.45) is -0.291. The Morgan fingerprint density at radius 2 is 1.54 bits per heavy atom. The van der Waals surface area contributed by atoms with Crippen LogP contribution in [0.3, 0.4) is 0 Å². The largest absolute Gasteiger partial charge is 0.481 e. The zero-order chi connectivity index (χ0) is 18.7. The smallest absolute Gasteiger partial charge is 0.311 e. The molecule has 0 saturated heterocycles. The molecule has 3 aromatic carbocycles. The van der Waals surface area contributed by atoms with Gasteiger partial charge >= 0.3 is 5.97 Å². The minimum absolute atomic E-state index is 0.291. The Hall–Kier alpha value is -2.42. The maximum absolute atomic E-state index is 13.0. The normalized spacial score (nSPS) is 15.9. The van der Waals surface area contributed by atoms with Crippen LogP contribution >= 0.6 is 7.37 Å². The van der Waals surface area contributed by atoms with E-state index in [9.17, 15) is 19.4 Å². The van der Waals surface area contributed by atoms with Crippen LogP contribution in [0.1, 0.15) is 29.6 Å². The van der Waals surface area contributed by atoms with Crippen molar-refractivity contribution in [3.8, 4) is 0 Å². The number of carboxylic acid groups (broad SMARTS) is 1. The Labute approximate surface area is 152 Å². The summed E-state index contributed by atoms with van der Waals surface area (Å²) in [5, 5.41) is 11.6. The highest BCUT2D eigenvalue weighted by Crippen LogP contribution is 2.57. The van der Waals surface area contributed by atoms with E-state index < -0.39 is 24.9 Å². The standard InChI is InChI=1S/C21H21O4P/c1-15(18-12-11-16-7-5-6-10-19(16)13-18)26(24,25)14-20(21(22)23)17-8-3-2-4-9-17/h2-13,15,20H,14H2,1H3,(H,22,23)(H,24,25). The van der Waals surface area contributed by atoms with Gasteiger partial charge in [-0.25, -0.2) is 0 Å². The SMILES string of the molecule is CC(c1ccc2ccccc2c1)P(=O)(O)CC(C(=O)O)c1ccccc1. The molecule has 0 fully saturated rings. The first-order valence-electron chi connectivity index (χ1n) is 8.46. The van der Waals surface area contributed by atoms with Crippen molar-refractivity contribution in [2.24, 2.45) is 0 Å². The first-order valence-corrected chi connectivity index (χ1v) is 10.4. The van der Waals surface area contributed by atoms with Crippen molar-refractivity contribution in [1.82, 2.24) is 0 Å². The summed E-state index contributed by atoms with van der Waals surface area (Å²) in [7, 11) is -3.74. The molecule has 0 aliphatic rings. The number of carboxylic acids is 1. The van der Waals surface area contributed by atoms with Gasteiger partial charge in [0.2, 0.25) is 7.37 Å². The van der Waals surface area contributed by atoms with Gasteiger partial charge in [0.1, 0.15) is 0 Å². The number of fused-ring (bicyclic) bond motifs is 1. The van der Waals surface area contributed by atoms with Gasteiger partial charge < -0.3 is 10.00 Å². The van der Waals surface area contributed by atoms with Gasteiger partial charge in [0.05, 0.1) is 11.6 Å². The zero-order valence-electron chi connectivity index (χ0n) is 14.4. The highest BCUT2D eigenvalue weighted by atomic mass is 31.2. The van der Waals surface area contributed by atoms with Crippen LogP contribution in [0.25, 0.3) is 10.8 Å². The Balaban J connectivity index is 1.89. The zero-order valence-corrected chi connectivity index (χ0v) is 15.3. The number of rotatable bonds is 6. The van der Waals surface area contributed by atoms with E-state index in [1.807, 2.05) is 42.5 Å². The van der Waals surface area contributed by atoms with E-state index in [4.69, 9.17) is 0 Å². The molecule has 0 aliphatic carbocycles. The number of benzene rings is 3. The van der Waals surface area contributed by atoms with Gasteiger partial charge in [0, 0.05) is 6.16 Å². The molecule has 0 aromatic heterocycles. The lowest BCUT2D eigenvalue weighted by molar-refractivity contribution is -0.138. The average molecular weight is 368 g/mol. The summed E-state index contributed by atoms with van der Waals surface area (Å²) in [5.74, 6) is -2.09. The van der Waals surface area contributed by atoms with Crippen LogP contribution in [-0.4, -0.2) is 22.1 Å². The molecule has 5 heteroatoms. The molecule has 0 radical (unpaired) electrons. The van der Waals surface area contributed by atoms with E-state index in [2.05, 4.69) is 0 Å². The van der Waals surface area contributed by atoms with Crippen molar-refractivity contribution in [3.63, 3.8) is 0 Å². The van der Waals surface area contributed by atoms with Crippen molar-refractivity contribution in [2.75, 3.05) is 6.16 Å². The molecule has 0 spiro atoms. The first-order chi connectivity index (χ1) is 12.4. The second-order valence-corrected chi connectivity index (χ2v) is 9.17. The highest BCUT2D eigenvalue weighted by Gasteiger charge is 2.35. The molecule has 134 valence electrons. The average Bonchev–Trinajstić information content (AvgIpc) is 2.65. The van der Waals surface area contributed by atoms with Crippen LogP contribution in [-0.2, 0) is 9.36 Å². The quantitative estimate of drug-likeness (QED) is 0.598. The van der Waals surface area contributed by atoms with Crippen LogP contribution in [0.5, 0.6) is 0 Å². The third-order valence-corrected chi connectivity index (χ3v) is 7.20. The summed E-state index contributed by atoms with van der Waals surface area (Å²) in [6, 6.07) is 22.1. The maximum Gasteiger partial charge on any atom is 0.311 e. The van der Waals surface area contributed by atoms with E-state index in [0.717, 1.165) is 16.3 Å². The fraction of sp³-hybridized carbons (Fsp3) is 0.190. The van der Waals surface area contributed by atoms with Gasteiger partial charge in [-0.3, -0.25) is 9.36 Å². The molecule has 3 rings (SSSR count). The minimum atomic E-state index is -3.74. The van der Waals surface area contributed by atoms with Crippen LogP contribution in [0.15, 0.2) is 72.8 Å². The molecule has 2 N–H and O–H groups in total. The molecule has 4 nitrogen and oxygen atoms in total. The summed E-state index contributed by atoms with van der Waals surface area (Å²) in [4.78, 5) is 22.4. The van der Waals surface area contributed by atoms with Gasteiger partial charge in [-0.2, -0.15) is 0 Å². The lowest BCUT2D eigenvalue weighted by Gasteiger charge is -2.23. The number of carbonyl (C=O) groups is 1. The summed E-state index contributed by atoms with van der Waals surface area (Å²) in [5.41, 5.74) is 0.643. The monoisotopic (exact) mass is 368 g/mol. The third-order valence-electron chi connectivity index (χ3n) is 4.81. The van der Waals surface area contributed by atoms with Gasteiger partial charge in [0.15, 0.2) is 0 Å². The Kier molecular flexibility index (Phi) is 5.26. The van der Waals surface area contributed by atoms with Crippen molar-refractivity contribution >= 4 is 24.1 Å². The van der Waals surface area contributed by atoms with Crippen molar-refractivity contribution in [3.05, 3.63) is 83.9 Å². The summed E-state index contributed by atoms with van der Waals surface area (Å²) >= 11 is 0. The Morgan fingerprint density at radius 1 is 0.923 bits per heavy atom. The second kappa shape index (κ2) is 7.45. The summed E-state index contributed by atoms with van der Waals surface area (Å²) < 4.78 is 13.0. The second-order valence-electron chi connectivity index (χ2n) is 6.52. The Morgan fingerprint density at radius 3 is 2.19 bits per heavy atom. The summed E-state index contributed by atoms with van der Waals surface area (Å²) in [6.45, 7) is 1.69.